The van der Waals surface area contributed by atoms with Gasteiger partial charge in [-0.25, -0.2) is 4.79 Å². The van der Waals surface area contributed by atoms with E-state index in [1.54, 1.807) is 5.57 Å². The van der Waals surface area contributed by atoms with E-state index in [0.29, 0.717) is 36.4 Å². The number of hydrogen-bond acceptors (Lipinski definition) is 5. The summed E-state index contributed by atoms with van der Waals surface area (Å²) in [5.41, 5.74) is 4.63. The first-order valence-electron chi connectivity index (χ1n) is 20.4. The van der Waals surface area contributed by atoms with Crippen LogP contribution in [0.4, 0.5) is 0 Å². The lowest BCUT2D eigenvalue weighted by Crippen LogP contribution is -2.49. The lowest BCUT2D eigenvalue weighted by molar-refractivity contribution is -0.139. The Kier molecular flexibility index (Phi) is 14.8. The molecule has 0 amide bonds. The number of esters is 1. The van der Waals surface area contributed by atoms with Crippen LogP contribution in [-0.2, 0) is 18.4 Å². The molecule has 0 aromatic heterocycles. The second-order valence-electron chi connectivity index (χ2n) is 19.8. The minimum absolute atomic E-state index is 0.0183. The van der Waals surface area contributed by atoms with E-state index in [1.807, 2.05) is 6.92 Å². The zero-order valence-corrected chi connectivity index (χ0v) is 37.5. The molecular formula is C44H78O5Si2. The molecule has 0 aliphatic heterocycles. The number of allylic oxidation sites excluding steroid dienone is 3. The number of ether oxygens (including phenoxy) is 1. The van der Waals surface area contributed by atoms with Crippen LogP contribution in [0.15, 0.2) is 47.6 Å². The first kappa shape index (κ1) is 44.1. The van der Waals surface area contributed by atoms with Crippen molar-refractivity contribution in [1.29, 1.82) is 0 Å². The molecule has 3 aliphatic rings. The van der Waals surface area contributed by atoms with E-state index in [0.717, 1.165) is 37.7 Å². The molecule has 0 spiro atoms. The molecule has 5 nitrogen and oxygen atoms in total. The van der Waals surface area contributed by atoms with Gasteiger partial charge in [-0.1, -0.05) is 99.6 Å². The Morgan fingerprint density at radius 1 is 1.02 bits per heavy atom. The molecule has 0 radical (unpaired) electrons. The Balaban J connectivity index is 1.87. The molecule has 3 saturated carbocycles. The highest BCUT2D eigenvalue weighted by molar-refractivity contribution is 6.74. The van der Waals surface area contributed by atoms with Crippen LogP contribution in [0, 0.1) is 29.1 Å². The highest BCUT2D eigenvalue weighted by Gasteiger charge is 2.51. The Hall–Kier alpha value is -1.26. The number of carbonyl (C=O) groups excluding carboxylic acids is 1. The maximum absolute atomic E-state index is 12.6. The van der Waals surface area contributed by atoms with Crippen LogP contribution in [-0.4, -0.2) is 52.6 Å². The average Bonchev–Trinajstić information content (AvgIpc) is 3.36. The van der Waals surface area contributed by atoms with E-state index in [9.17, 15) is 9.90 Å². The van der Waals surface area contributed by atoms with Crippen LogP contribution in [0.3, 0.4) is 0 Å². The lowest BCUT2D eigenvalue weighted by atomic mass is 9.60. The first-order chi connectivity index (χ1) is 23.4. The fourth-order valence-electron chi connectivity index (χ4n) is 8.97. The van der Waals surface area contributed by atoms with Gasteiger partial charge in [0.25, 0.3) is 0 Å². The number of rotatable bonds is 14. The summed E-state index contributed by atoms with van der Waals surface area (Å²) in [6, 6.07) is 0. The van der Waals surface area contributed by atoms with E-state index < -0.39 is 22.7 Å². The third-order valence-corrected chi connectivity index (χ3v) is 23.1. The molecule has 0 bridgehead atoms. The molecule has 0 saturated heterocycles. The molecule has 0 heterocycles. The van der Waals surface area contributed by atoms with Gasteiger partial charge in [0.15, 0.2) is 16.6 Å². The smallest absolute Gasteiger partial charge is 0.333 e. The normalized spacial score (nSPS) is 29.9. The molecule has 3 aliphatic carbocycles. The van der Waals surface area contributed by atoms with Crippen molar-refractivity contribution in [2.45, 2.75) is 188 Å². The van der Waals surface area contributed by atoms with Gasteiger partial charge in [0.05, 0.1) is 24.9 Å². The quantitative estimate of drug-likeness (QED) is 0.109. The van der Waals surface area contributed by atoms with Crippen molar-refractivity contribution in [2.24, 2.45) is 29.1 Å². The second kappa shape index (κ2) is 17.0. The van der Waals surface area contributed by atoms with Crippen LogP contribution in [0.1, 0.15) is 133 Å². The van der Waals surface area contributed by atoms with Gasteiger partial charge in [-0.3, -0.25) is 0 Å². The summed E-state index contributed by atoms with van der Waals surface area (Å²) in [7, 11) is -4.00. The van der Waals surface area contributed by atoms with Crippen LogP contribution in [0.2, 0.25) is 36.3 Å². The van der Waals surface area contributed by atoms with Crippen LogP contribution in [0.25, 0.3) is 0 Å². The van der Waals surface area contributed by atoms with Gasteiger partial charge in [-0.15, -0.1) is 0 Å². The maximum atomic E-state index is 12.6. The average molecular weight is 743 g/mol. The third kappa shape index (κ3) is 10.3. The van der Waals surface area contributed by atoms with Crippen molar-refractivity contribution in [3.63, 3.8) is 0 Å². The molecular weight excluding hydrogens is 665 g/mol. The summed E-state index contributed by atoms with van der Waals surface area (Å²) in [5, 5.41) is 11.8. The van der Waals surface area contributed by atoms with E-state index in [2.05, 4.69) is 114 Å². The minimum atomic E-state index is -2.02. The van der Waals surface area contributed by atoms with Gasteiger partial charge in [-0.2, -0.15) is 0 Å². The van der Waals surface area contributed by atoms with Crippen LogP contribution in [0.5, 0.6) is 0 Å². The Morgan fingerprint density at radius 3 is 2.20 bits per heavy atom. The Morgan fingerprint density at radius 2 is 1.63 bits per heavy atom. The maximum Gasteiger partial charge on any atom is 0.333 e. The number of fused-ring (bicyclic) bond motifs is 1. The Bertz CT molecular complexity index is 1300. The zero-order valence-electron chi connectivity index (χ0n) is 35.5. The highest BCUT2D eigenvalue weighted by Crippen LogP contribution is 2.60. The molecule has 292 valence electrons. The van der Waals surface area contributed by atoms with Gasteiger partial charge in [0.1, 0.15) is 0 Å². The summed E-state index contributed by atoms with van der Waals surface area (Å²) in [4.78, 5) is 12.6. The largest absolute Gasteiger partial charge is 0.463 e. The fourth-order valence-corrected chi connectivity index (χ4v) is 11.6. The van der Waals surface area contributed by atoms with Crippen molar-refractivity contribution in [2.75, 3.05) is 6.61 Å². The minimum Gasteiger partial charge on any atom is -0.463 e. The molecule has 3 fully saturated rings. The summed E-state index contributed by atoms with van der Waals surface area (Å²) in [5.74, 6) is 0.794. The number of carbonyl (C=O) groups is 1. The van der Waals surface area contributed by atoms with E-state index in [4.69, 9.17) is 13.6 Å². The molecule has 51 heavy (non-hydrogen) atoms. The van der Waals surface area contributed by atoms with Gasteiger partial charge >= 0.3 is 5.97 Å². The lowest BCUT2D eigenvalue weighted by Gasteiger charge is -2.46. The molecule has 0 aromatic rings. The third-order valence-electron chi connectivity index (χ3n) is 14.1. The van der Waals surface area contributed by atoms with Crippen molar-refractivity contribution < 1.29 is 23.5 Å². The highest BCUT2D eigenvalue weighted by atomic mass is 28.4. The summed E-state index contributed by atoms with van der Waals surface area (Å²) in [6.45, 7) is 41.2. The number of hydrogen-bond donors (Lipinski definition) is 1. The van der Waals surface area contributed by atoms with Gasteiger partial charge in [0, 0.05) is 17.9 Å². The molecule has 3 rings (SSSR count). The fraction of sp³-hybridized carbons (Fsp3) is 0.795. The van der Waals surface area contributed by atoms with E-state index in [1.165, 1.54) is 31.3 Å². The van der Waals surface area contributed by atoms with Crippen molar-refractivity contribution in [3.8, 4) is 0 Å². The van der Waals surface area contributed by atoms with Crippen LogP contribution >= 0.6 is 0 Å². The molecule has 7 heteroatoms. The van der Waals surface area contributed by atoms with Crippen molar-refractivity contribution >= 4 is 22.6 Å². The van der Waals surface area contributed by atoms with E-state index in [-0.39, 0.29) is 39.6 Å². The molecule has 0 aromatic carbocycles. The summed E-state index contributed by atoms with van der Waals surface area (Å²) < 4.78 is 19.5. The van der Waals surface area contributed by atoms with Crippen LogP contribution < -0.4 is 0 Å². The van der Waals surface area contributed by atoms with Gasteiger partial charge in [-0.05, 0) is 129 Å². The van der Waals surface area contributed by atoms with Gasteiger partial charge in [0.2, 0.25) is 0 Å². The summed E-state index contributed by atoms with van der Waals surface area (Å²) >= 11 is 0. The number of aliphatic hydroxyl groups excluding tert-OH is 1. The summed E-state index contributed by atoms with van der Waals surface area (Å²) in [6.07, 6.45) is 14.4. The van der Waals surface area contributed by atoms with E-state index >= 15 is 0 Å². The Labute approximate surface area is 316 Å². The topological polar surface area (TPSA) is 65.0 Å². The first-order valence-corrected chi connectivity index (χ1v) is 26.2. The predicted molar refractivity (Wildman–Crippen MR) is 221 cm³/mol. The molecule has 2 unspecified atom stereocenters. The standard InChI is InChI=1S/C44H78O5Si2/c1-17-20-36(32(5)41(46)47-18-2)39(45)27-30(3)37-24-25-38-33(21-19-26-44(37,38)12)22-23-34-28-35(48-50(13,14)42(6,7)8)29-40(31(34)4)49-51(15,16)43(9,10)11/h22-23,30,35-40,45H,4-5,17-21,24-29H2,1-3,6-16H3/b33-22+,34-23-/t30-,35-,36?,37-,38+,39?,40+,44-/m1/s1. The number of aliphatic hydroxyl groups is 1. The monoisotopic (exact) mass is 743 g/mol. The van der Waals surface area contributed by atoms with Gasteiger partial charge < -0.3 is 18.7 Å². The molecule has 8 atom stereocenters. The molecule has 1 N–H and O–H groups in total. The van der Waals surface area contributed by atoms with Crippen molar-refractivity contribution in [1.82, 2.24) is 0 Å². The zero-order chi connectivity index (χ0) is 38.7. The predicted octanol–water partition coefficient (Wildman–Crippen LogP) is 12.1. The van der Waals surface area contributed by atoms with Crippen molar-refractivity contribution in [3.05, 3.63) is 47.6 Å². The SMILES string of the molecule is C=C(C(=O)OCC)C(CCC)C(O)C[C@@H](C)[C@H]1CC[C@H]2/C(=C/C=C3/C[C@@H](O[Si](C)(C)C(C)(C)C)C[C@H](O[Si](C)(C)C(C)(C)C)C3=C)CCC[C@]12C. The second-order valence-corrected chi connectivity index (χ2v) is 29.3.